The van der Waals surface area contributed by atoms with E-state index in [1.165, 1.54) is 0 Å². The van der Waals surface area contributed by atoms with Crippen molar-refractivity contribution in [1.82, 2.24) is 10.2 Å². The lowest BCUT2D eigenvalue weighted by Crippen LogP contribution is -2.50. The summed E-state index contributed by atoms with van der Waals surface area (Å²) in [6.45, 7) is 7.18. The van der Waals surface area contributed by atoms with E-state index in [1.54, 1.807) is 0 Å². The predicted octanol–water partition coefficient (Wildman–Crippen LogP) is 1.03. The summed E-state index contributed by atoms with van der Waals surface area (Å²) < 4.78 is 23.7. The lowest BCUT2D eigenvalue weighted by atomic mass is 9.98. The minimum Gasteiger partial charge on any atom is -0.314 e. The molecule has 2 aliphatic heterocycles. The van der Waals surface area contributed by atoms with Gasteiger partial charge in [0.2, 0.25) is 0 Å². The maximum atomic E-state index is 11.9. The number of hydrogen-bond acceptors (Lipinski definition) is 4. The Kier molecular flexibility index (Phi) is 4.67. The average molecular weight is 274 g/mol. The SMILES string of the molecule is CCNC1CCN(CC2CCCS2(=O)=O)C(C)C1. The van der Waals surface area contributed by atoms with Gasteiger partial charge in [0.25, 0.3) is 0 Å². The van der Waals surface area contributed by atoms with Gasteiger partial charge in [0.05, 0.1) is 11.0 Å². The summed E-state index contributed by atoms with van der Waals surface area (Å²) in [5.74, 6) is 0.403. The van der Waals surface area contributed by atoms with E-state index in [9.17, 15) is 8.42 Å². The van der Waals surface area contributed by atoms with Crippen LogP contribution in [0, 0.1) is 0 Å². The van der Waals surface area contributed by atoms with Crippen LogP contribution in [0.15, 0.2) is 0 Å². The molecule has 2 heterocycles. The Hall–Kier alpha value is -0.130. The van der Waals surface area contributed by atoms with Crippen molar-refractivity contribution >= 4 is 9.84 Å². The third kappa shape index (κ3) is 3.25. The number of nitrogens with one attached hydrogen (secondary N) is 1. The molecule has 0 saturated carbocycles. The molecule has 1 N–H and O–H groups in total. The number of nitrogens with zero attached hydrogens (tertiary/aromatic N) is 1. The Morgan fingerprint density at radius 3 is 2.67 bits per heavy atom. The maximum Gasteiger partial charge on any atom is 0.154 e. The molecule has 2 rings (SSSR count). The highest BCUT2D eigenvalue weighted by atomic mass is 32.2. The van der Waals surface area contributed by atoms with Crippen LogP contribution in [0.2, 0.25) is 0 Å². The zero-order valence-electron chi connectivity index (χ0n) is 11.6. The molecule has 2 aliphatic rings. The number of rotatable bonds is 4. The first-order valence-electron chi connectivity index (χ1n) is 7.22. The lowest BCUT2D eigenvalue weighted by molar-refractivity contribution is 0.136. The predicted molar refractivity (Wildman–Crippen MR) is 74.5 cm³/mol. The number of likely N-dealkylation sites (tertiary alicyclic amines) is 1. The van der Waals surface area contributed by atoms with Crippen LogP contribution in [0.3, 0.4) is 0 Å². The third-order valence-electron chi connectivity index (χ3n) is 4.41. The van der Waals surface area contributed by atoms with Crippen LogP contribution in [-0.4, -0.2) is 56.0 Å². The van der Waals surface area contributed by atoms with Gasteiger partial charge in [0.15, 0.2) is 9.84 Å². The van der Waals surface area contributed by atoms with Gasteiger partial charge in [0, 0.05) is 18.6 Å². The molecule has 5 heteroatoms. The standard InChI is InChI=1S/C13H26N2O2S/c1-3-14-12-6-7-15(11(2)9-12)10-13-5-4-8-18(13,16)17/h11-14H,3-10H2,1-2H3. The van der Waals surface area contributed by atoms with E-state index < -0.39 is 9.84 Å². The highest BCUT2D eigenvalue weighted by Gasteiger charge is 2.35. The molecule has 106 valence electrons. The van der Waals surface area contributed by atoms with Crippen LogP contribution in [-0.2, 0) is 9.84 Å². The molecule has 0 bridgehead atoms. The second-order valence-corrected chi connectivity index (χ2v) is 8.15. The van der Waals surface area contributed by atoms with Crippen molar-refractivity contribution in [2.24, 2.45) is 0 Å². The monoisotopic (exact) mass is 274 g/mol. The molecule has 0 aromatic carbocycles. The summed E-state index contributed by atoms with van der Waals surface area (Å²) in [4.78, 5) is 2.38. The molecule has 0 aromatic rings. The second-order valence-electron chi connectivity index (χ2n) is 5.75. The number of sulfone groups is 1. The summed E-state index contributed by atoms with van der Waals surface area (Å²) in [6.07, 6.45) is 4.00. The van der Waals surface area contributed by atoms with Crippen LogP contribution in [0.1, 0.15) is 39.5 Å². The zero-order chi connectivity index (χ0) is 13.2. The topological polar surface area (TPSA) is 49.4 Å². The van der Waals surface area contributed by atoms with Gasteiger partial charge < -0.3 is 5.32 Å². The number of hydrogen-bond donors (Lipinski definition) is 1. The van der Waals surface area contributed by atoms with E-state index in [-0.39, 0.29) is 5.25 Å². The second kappa shape index (κ2) is 5.88. The van der Waals surface area contributed by atoms with Crippen molar-refractivity contribution in [3.8, 4) is 0 Å². The normalized spacial score (nSPS) is 36.9. The summed E-state index contributed by atoms with van der Waals surface area (Å²) in [5.41, 5.74) is 0. The van der Waals surface area contributed by atoms with Gasteiger partial charge in [-0.05, 0) is 45.7 Å². The summed E-state index contributed by atoms with van der Waals surface area (Å²) in [6, 6.07) is 1.11. The molecule has 0 aromatic heterocycles. The Morgan fingerprint density at radius 2 is 2.11 bits per heavy atom. The molecular weight excluding hydrogens is 248 g/mol. The summed E-state index contributed by atoms with van der Waals surface area (Å²) in [7, 11) is -2.79. The first-order valence-corrected chi connectivity index (χ1v) is 8.93. The Morgan fingerprint density at radius 1 is 1.33 bits per heavy atom. The Bertz CT molecular complexity index is 369. The van der Waals surface area contributed by atoms with Gasteiger partial charge in [-0.1, -0.05) is 6.92 Å². The first-order chi connectivity index (χ1) is 8.53. The van der Waals surface area contributed by atoms with E-state index in [2.05, 4.69) is 24.1 Å². The Labute approximate surface area is 111 Å². The van der Waals surface area contributed by atoms with Crippen LogP contribution >= 0.6 is 0 Å². The van der Waals surface area contributed by atoms with Crippen LogP contribution in [0.5, 0.6) is 0 Å². The quantitative estimate of drug-likeness (QED) is 0.832. The molecule has 0 aliphatic carbocycles. The summed E-state index contributed by atoms with van der Waals surface area (Å²) in [5, 5.41) is 3.40. The van der Waals surface area contributed by atoms with Gasteiger partial charge in [-0.15, -0.1) is 0 Å². The van der Waals surface area contributed by atoms with E-state index in [0.29, 0.717) is 17.8 Å². The largest absolute Gasteiger partial charge is 0.314 e. The average Bonchev–Trinajstić information content (AvgIpc) is 2.62. The van der Waals surface area contributed by atoms with Crippen LogP contribution < -0.4 is 5.32 Å². The van der Waals surface area contributed by atoms with E-state index in [4.69, 9.17) is 0 Å². The first kappa shape index (κ1) is 14.3. The van der Waals surface area contributed by atoms with Crippen molar-refractivity contribution in [3.05, 3.63) is 0 Å². The minimum atomic E-state index is -2.79. The van der Waals surface area contributed by atoms with Gasteiger partial charge in [-0.3, -0.25) is 4.90 Å². The maximum absolute atomic E-state index is 11.9. The van der Waals surface area contributed by atoms with Crippen molar-refractivity contribution < 1.29 is 8.42 Å². The molecule has 2 fully saturated rings. The highest BCUT2D eigenvalue weighted by Crippen LogP contribution is 2.24. The van der Waals surface area contributed by atoms with Gasteiger partial charge in [0.1, 0.15) is 0 Å². The van der Waals surface area contributed by atoms with E-state index in [1.807, 2.05) is 0 Å². The van der Waals surface area contributed by atoms with Crippen molar-refractivity contribution in [3.63, 3.8) is 0 Å². The fourth-order valence-corrected chi connectivity index (χ4v) is 5.14. The van der Waals surface area contributed by atoms with Crippen LogP contribution in [0.4, 0.5) is 0 Å². The molecular formula is C13H26N2O2S. The van der Waals surface area contributed by atoms with Gasteiger partial charge >= 0.3 is 0 Å². The van der Waals surface area contributed by atoms with Crippen molar-refractivity contribution in [2.75, 3.05) is 25.4 Å². The van der Waals surface area contributed by atoms with E-state index in [0.717, 1.165) is 45.3 Å². The van der Waals surface area contributed by atoms with Crippen molar-refractivity contribution in [1.29, 1.82) is 0 Å². The molecule has 2 saturated heterocycles. The molecule has 4 nitrogen and oxygen atoms in total. The number of piperidine rings is 1. The third-order valence-corrected chi connectivity index (χ3v) is 6.67. The smallest absolute Gasteiger partial charge is 0.154 e. The zero-order valence-corrected chi connectivity index (χ0v) is 12.4. The molecule has 0 amide bonds. The van der Waals surface area contributed by atoms with E-state index >= 15 is 0 Å². The van der Waals surface area contributed by atoms with Gasteiger partial charge in [-0.25, -0.2) is 8.42 Å². The van der Waals surface area contributed by atoms with Crippen molar-refractivity contribution in [2.45, 2.75) is 56.9 Å². The molecule has 18 heavy (non-hydrogen) atoms. The van der Waals surface area contributed by atoms with Crippen LogP contribution in [0.25, 0.3) is 0 Å². The Balaban J connectivity index is 1.88. The molecule has 0 radical (unpaired) electrons. The molecule has 0 spiro atoms. The fraction of sp³-hybridized carbons (Fsp3) is 1.00. The van der Waals surface area contributed by atoms with Gasteiger partial charge in [-0.2, -0.15) is 0 Å². The highest BCUT2D eigenvalue weighted by molar-refractivity contribution is 7.92. The fourth-order valence-electron chi connectivity index (χ4n) is 3.29. The lowest BCUT2D eigenvalue weighted by Gasteiger charge is -2.39. The molecule has 3 unspecified atom stereocenters. The summed E-state index contributed by atoms with van der Waals surface area (Å²) >= 11 is 0. The minimum absolute atomic E-state index is 0.101. The molecule has 3 atom stereocenters.